The smallest absolute Gasteiger partial charge is 0.321 e. The molecule has 7 nitrogen and oxygen atoms in total. The summed E-state index contributed by atoms with van der Waals surface area (Å²) in [6, 6.07) is 4.73. The molecule has 1 fully saturated rings. The molecule has 0 saturated carbocycles. The van der Waals surface area contributed by atoms with Crippen molar-refractivity contribution >= 4 is 46.3 Å². The van der Waals surface area contributed by atoms with Gasteiger partial charge in [0.05, 0.1) is 18.6 Å². The van der Waals surface area contributed by atoms with E-state index >= 15 is 0 Å². The minimum absolute atomic E-state index is 0.0123. The van der Waals surface area contributed by atoms with Crippen molar-refractivity contribution in [2.24, 2.45) is 0 Å². The summed E-state index contributed by atoms with van der Waals surface area (Å²) in [6.07, 6.45) is 1.63. The van der Waals surface area contributed by atoms with Gasteiger partial charge in [-0.05, 0) is 30.7 Å². The van der Waals surface area contributed by atoms with Crippen LogP contribution in [0.25, 0.3) is 6.08 Å². The van der Waals surface area contributed by atoms with E-state index in [4.69, 9.17) is 21.7 Å². The minimum Gasteiger partial charge on any atom is -0.504 e. The first-order valence-corrected chi connectivity index (χ1v) is 8.22. The van der Waals surface area contributed by atoms with E-state index in [0.717, 1.165) is 16.8 Å². The van der Waals surface area contributed by atoms with Gasteiger partial charge in [-0.15, -0.1) is 0 Å². The van der Waals surface area contributed by atoms with Crippen LogP contribution in [0.4, 0.5) is 0 Å². The number of benzene rings is 1. The minimum atomic E-state index is -0.473. The highest BCUT2D eigenvalue weighted by Crippen LogP contribution is 2.33. The number of esters is 1. The molecule has 0 unspecified atom stereocenters. The first-order valence-electron chi connectivity index (χ1n) is 7.00. The number of thioether (sulfide) groups is 1. The molecule has 24 heavy (non-hydrogen) atoms. The maximum atomic E-state index is 12.4. The number of aromatic hydroxyl groups is 1. The van der Waals surface area contributed by atoms with Crippen LogP contribution < -0.4 is 10.2 Å². The van der Waals surface area contributed by atoms with Crippen molar-refractivity contribution in [2.75, 3.05) is 20.3 Å². The van der Waals surface area contributed by atoms with Gasteiger partial charge in [-0.1, -0.05) is 30.0 Å². The Morgan fingerprint density at radius 3 is 2.92 bits per heavy atom. The van der Waals surface area contributed by atoms with Crippen LogP contribution in [-0.4, -0.2) is 46.6 Å². The first-order chi connectivity index (χ1) is 11.5. The van der Waals surface area contributed by atoms with Crippen LogP contribution in [0.1, 0.15) is 12.5 Å². The monoisotopic (exact) mass is 368 g/mol. The van der Waals surface area contributed by atoms with Gasteiger partial charge in [0.25, 0.3) is 5.91 Å². The number of hydrogen-bond donors (Lipinski definition) is 2. The lowest BCUT2D eigenvalue weighted by molar-refractivity contribution is -0.143. The van der Waals surface area contributed by atoms with Crippen LogP contribution >= 0.6 is 24.0 Å². The van der Waals surface area contributed by atoms with E-state index in [-0.39, 0.29) is 24.8 Å². The molecule has 128 valence electrons. The van der Waals surface area contributed by atoms with Crippen LogP contribution in [0.2, 0.25) is 0 Å². The van der Waals surface area contributed by atoms with Crippen molar-refractivity contribution in [1.82, 2.24) is 10.4 Å². The van der Waals surface area contributed by atoms with Crippen LogP contribution in [0, 0.1) is 0 Å². The number of rotatable bonds is 6. The second kappa shape index (κ2) is 8.13. The number of nitrogens with zero attached hydrogens (tertiary/aromatic N) is 1. The molecule has 9 heteroatoms. The van der Waals surface area contributed by atoms with Crippen molar-refractivity contribution in [3.63, 3.8) is 0 Å². The molecule has 0 aromatic heterocycles. The van der Waals surface area contributed by atoms with Gasteiger partial charge in [-0.2, -0.15) is 0 Å². The number of phenols is 1. The van der Waals surface area contributed by atoms with E-state index < -0.39 is 5.97 Å². The second-order valence-corrected chi connectivity index (χ2v) is 6.26. The molecular weight excluding hydrogens is 352 g/mol. The van der Waals surface area contributed by atoms with Crippen molar-refractivity contribution in [1.29, 1.82) is 0 Å². The average Bonchev–Trinajstić information content (AvgIpc) is 2.81. The SMILES string of the molecule is CCOC(=O)CNN1C(=O)/C(=C\c2ccc(O)c(OC)c2)SC1=S. The van der Waals surface area contributed by atoms with Gasteiger partial charge in [0.2, 0.25) is 0 Å². The third-order valence-electron chi connectivity index (χ3n) is 2.98. The van der Waals surface area contributed by atoms with Crippen molar-refractivity contribution in [2.45, 2.75) is 6.92 Å². The number of nitrogens with one attached hydrogen (secondary N) is 1. The summed E-state index contributed by atoms with van der Waals surface area (Å²) >= 11 is 6.26. The predicted molar refractivity (Wildman–Crippen MR) is 94.3 cm³/mol. The number of phenolic OH excluding ortho intramolecular Hbond substituents is 1. The summed E-state index contributed by atoms with van der Waals surface area (Å²) in [5.74, 6) is -0.516. The normalized spacial score (nSPS) is 15.9. The molecule has 1 aliphatic heterocycles. The number of methoxy groups -OCH3 is 1. The summed E-state index contributed by atoms with van der Waals surface area (Å²) in [6.45, 7) is 1.81. The van der Waals surface area contributed by atoms with Gasteiger partial charge in [-0.25, -0.2) is 10.4 Å². The zero-order valence-corrected chi connectivity index (χ0v) is 14.7. The van der Waals surface area contributed by atoms with E-state index in [0.29, 0.717) is 20.5 Å². The number of hydrogen-bond acceptors (Lipinski definition) is 8. The Kier molecular flexibility index (Phi) is 6.18. The Balaban J connectivity index is 2.11. The maximum absolute atomic E-state index is 12.4. The quantitative estimate of drug-likeness (QED) is 0.445. The third kappa shape index (κ3) is 4.25. The molecule has 1 aromatic carbocycles. The molecule has 0 bridgehead atoms. The Bertz CT molecular complexity index is 705. The summed E-state index contributed by atoms with van der Waals surface area (Å²) in [7, 11) is 1.44. The molecular formula is C15H16N2O5S2. The summed E-state index contributed by atoms with van der Waals surface area (Å²) in [5.41, 5.74) is 3.33. The van der Waals surface area contributed by atoms with Gasteiger partial charge in [0, 0.05) is 0 Å². The topological polar surface area (TPSA) is 88.1 Å². The van der Waals surface area contributed by atoms with E-state index in [1.54, 1.807) is 25.1 Å². The fourth-order valence-electron chi connectivity index (χ4n) is 1.90. The molecule has 1 saturated heterocycles. The van der Waals surface area contributed by atoms with Crippen LogP contribution in [0.3, 0.4) is 0 Å². The van der Waals surface area contributed by atoms with Gasteiger partial charge < -0.3 is 14.6 Å². The zero-order valence-electron chi connectivity index (χ0n) is 13.1. The van der Waals surface area contributed by atoms with Gasteiger partial charge in [-0.3, -0.25) is 9.59 Å². The van der Waals surface area contributed by atoms with Crippen molar-refractivity contribution in [3.8, 4) is 11.5 Å². The lowest BCUT2D eigenvalue weighted by Gasteiger charge is -2.14. The molecule has 1 aromatic rings. The highest BCUT2D eigenvalue weighted by Gasteiger charge is 2.32. The molecule has 0 atom stereocenters. The summed E-state index contributed by atoms with van der Waals surface area (Å²) in [5, 5.41) is 10.7. The van der Waals surface area contributed by atoms with E-state index in [1.165, 1.54) is 13.2 Å². The molecule has 0 radical (unpaired) electrons. The van der Waals surface area contributed by atoms with Gasteiger partial charge in [0.15, 0.2) is 15.8 Å². The number of thiocarbonyl (C=S) groups is 1. The Hall–Kier alpha value is -2.10. The fraction of sp³-hybridized carbons (Fsp3) is 0.267. The lowest BCUT2D eigenvalue weighted by atomic mass is 10.2. The average molecular weight is 368 g/mol. The third-order valence-corrected chi connectivity index (χ3v) is 4.28. The van der Waals surface area contributed by atoms with E-state index in [2.05, 4.69) is 5.43 Å². The predicted octanol–water partition coefficient (Wildman–Crippen LogP) is 1.67. The summed E-state index contributed by atoms with van der Waals surface area (Å²) < 4.78 is 10.1. The second-order valence-electron chi connectivity index (χ2n) is 4.59. The number of carbonyl (C=O) groups is 2. The first kappa shape index (κ1) is 18.2. The van der Waals surface area contributed by atoms with Crippen molar-refractivity contribution in [3.05, 3.63) is 28.7 Å². The van der Waals surface area contributed by atoms with Gasteiger partial charge in [0.1, 0.15) is 6.54 Å². The molecule has 2 N–H and O–H groups in total. The standard InChI is InChI=1S/C15H16N2O5S2/c1-3-22-13(19)8-16-17-14(20)12(24-15(17)23)7-9-4-5-10(18)11(6-9)21-2/h4-7,16,18H,3,8H2,1-2H3/b12-7+. The van der Waals surface area contributed by atoms with Crippen LogP contribution in [0.15, 0.2) is 23.1 Å². The Labute approximate surface area is 148 Å². The molecule has 1 heterocycles. The van der Waals surface area contributed by atoms with Crippen molar-refractivity contribution < 1.29 is 24.2 Å². The van der Waals surface area contributed by atoms with Gasteiger partial charge >= 0.3 is 5.97 Å². The Morgan fingerprint density at radius 1 is 1.50 bits per heavy atom. The molecule has 1 amide bonds. The largest absolute Gasteiger partial charge is 0.504 e. The number of amides is 1. The zero-order chi connectivity index (χ0) is 17.7. The van der Waals surface area contributed by atoms with Crippen LogP contribution in [0.5, 0.6) is 11.5 Å². The highest BCUT2D eigenvalue weighted by molar-refractivity contribution is 8.26. The van der Waals surface area contributed by atoms with E-state index in [9.17, 15) is 14.7 Å². The maximum Gasteiger partial charge on any atom is 0.321 e. The van der Waals surface area contributed by atoms with Crippen LogP contribution in [-0.2, 0) is 14.3 Å². The Morgan fingerprint density at radius 2 is 2.25 bits per heavy atom. The van der Waals surface area contributed by atoms with E-state index in [1.807, 2.05) is 0 Å². The number of hydrazine groups is 1. The number of carbonyl (C=O) groups excluding carboxylic acids is 2. The fourth-order valence-corrected chi connectivity index (χ4v) is 3.11. The lowest BCUT2D eigenvalue weighted by Crippen LogP contribution is -2.44. The molecule has 2 rings (SSSR count). The molecule has 0 aliphatic carbocycles. The molecule has 0 spiro atoms. The summed E-state index contributed by atoms with van der Waals surface area (Å²) in [4.78, 5) is 24.1. The number of ether oxygens (including phenoxy) is 2. The highest BCUT2D eigenvalue weighted by atomic mass is 32.2. The molecule has 1 aliphatic rings.